The zero-order valence-corrected chi connectivity index (χ0v) is 17.1. The van der Waals surface area contributed by atoms with Gasteiger partial charge in [-0.2, -0.15) is 0 Å². The predicted molar refractivity (Wildman–Crippen MR) is 109 cm³/mol. The Bertz CT molecular complexity index is 835. The summed E-state index contributed by atoms with van der Waals surface area (Å²) in [6.07, 6.45) is 0. The molecule has 136 valence electrons. The van der Waals surface area contributed by atoms with Crippen LogP contribution in [0.4, 0.5) is 0 Å². The molecule has 26 heavy (non-hydrogen) atoms. The molecule has 4 nitrogen and oxygen atoms in total. The summed E-state index contributed by atoms with van der Waals surface area (Å²) in [6.45, 7) is 2.70. The fraction of sp³-hybridized carbons (Fsp3) is 0.263. The van der Waals surface area contributed by atoms with Crippen molar-refractivity contribution in [3.8, 4) is 5.75 Å². The van der Waals surface area contributed by atoms with Gasteiger partial charge in [0, 0.05) is 22.7 Å². The largest absolute Gasteiger partial charge is 0.493 e. The number of nitrogens with zero attached hydrogens (tertiary/aromatic N) is 3. The first-order chi connectivity index (χ1) is 12.6. The van der Waals surface area contributed by atoms with Crippen LogP contribution in [0.25, 0.3) is 0 Å². The average molecular weight is 406 g/mol. The van der Waals surface area contributed by atoms with E-state index in [1.165, 1.54) is 10.5 Å². The smallest absolute Gasteiger partial charge is 0.191 e. The van der Waals surface area contributed by atoms with Crippen molar-refractivity contribution in [3.05, 3.63) is 64.9 Å². The number of aryl methyl sites for hydroxylation is 1. The number of hydrogen-bond donors (Lipinski definition) is 0. The van der Waals surface area contributed by atoms with Crippen LogP contribution < -0.4 is 4.74 Å². The third-order valence-corrected chi connectivity index (χ3v) is 5.96. The highest BCUT2D eigenvalue weighted by molar-refractivity contribution is 7.99. The molecule has 0 atom stereocenters. The topological polar surface area (TPSA) is 39.9 Å². The van der Waals surface area contributed by atoms with Crippen molar-refractivity contribution in [2.75, 3.05) is 12.4 Å². The van der Waals surface area contributed by atoms with Gasteiger partial charge in [-0.3, -0.25) is 0 Å². The number of ether oxygens (including phenoxy) is 1. The number of benzene rings is 2. The minimum absolute atomic E-state index is 0.604. The first kappa shape index (κ1) is 19.1. The maximum atomic E-state index is 5.87. The van der Waals surface area contributed by atoms with Crippen molar-refractivity contribution in [2.45, 2.75) is 22.7 Å². The number of halogens is 1. The lowest BCUT2D eigenvalue weighted by Gasteiger charge is -2.06. The monoisotopic (exact) mass is 405 g/mol. The van der Waals surface area contributed by atoms with Gasteiger partial charge in [0.1, 0.15) is 11.6 Å². The van der Waals surface area contributed by atoms with E-state index < -0.39 is 0 Å². The van der Waals surface area contributed by atoms with E-state index in [0.717, 1.165) is 28.2 Å². The second-order valence-corrected chi connectivity index (χ2v) is 8.26. The normalized spacial score (nSPS) is 10.9. The van der Waals surface area contributed by atoms with E-state index in [-0.39, 0.29) is 0 Å². The molecule has 0 aliphatic rings. The Morgan fingerprint density at radius 2 is 1.73 bits per heavy atom. The Labute approximate surface area is 167 Å². The molecule has 0 fully saturated rings. The Kier molecular flexibility index (Phi) is 6.88. The molecular weight excluding hydrogens is 386 g/mol. The molecule has 0 radical (unpaired) electrons. The summed E-state index contributed by atoms with van der Waals surface area (Å²) in [7, 11) is 2.01. The lowest BCUT2D eigenvalue weighted by atomic mass is 10.2. The Morgan fingerprint density at radius 3 is 2.46 bits per heavy atom. The van der Waals surface area contributed by atoms with E-state index in [1.807, 2.05) is 35.9 Å². The first-order valence-corrected chi connectivity index (χ1v) is 10.6. The Hall–Kier alpha value is -1.63. The van der Waals surface area contributed by atoms with E-state index in [1.54, 1.807) is 23.5 Å². The highest BCUT2D eigenvalue weighted by Crippen LogP contribution is 2.24. The molecule has 1 aromatic heterocycles. The molecule has 1 heterocycles. The zero-order valence-electron chi connectivity index (χ0n) is 14.7. The molecule has 7 heteroatoms. The molecule has 0 unspecified atom stereocenters. The van der Waals surface area contributed by atoms with Gasteiger partial charge in [0.05, 0.1) is 12.4 Å². The number of thioether (sulfide) groups is 2. The SMILES string of the molecule is Cc1ccc(SCc2nnc(SCCOc3ccc(Cl)cc3)n2C)cc1. The molecule has 3 aromatic rings. The van der Waals surface area contributed by atoms with Gasteiger partial charge in [0.15, 0.2) is 5.16 Å². The summed E-state index contributed by atoms with van der Waals surface area (Å²) < 4.78 is 7.75. The van der Waals surface area contributed by atoms with Crippen LogP contribution in [0.2, 0.25) is 5.02 Å². The van der Waals surface area contributed by atoms with Gasteiger partial charge in [0.2, 0.25) is 0 Å². The van der Waals surface area contributed by atoms with E-state index in [0.29, 0.717) is 11.6 Å². The van der Waals surface area contributed by atoms with Crippen LogP contribution in [0.15, 0.2) is 58.6 Å². The van der Waals surface area contributed by atoms with Crippen LogP contribution in [0, 0.1) is 6.92 Å². The first-order valence-electron chi connectivity index (χ1n) is 8.21. The fourth-order valence-electron chi connectivity index (χ4n) is 2.20. The van der Waals surface area contributed by atoms with Crippen LogP contribution in [0.5, 0.6) is 5.75 Å². The van der Waals surface area contributed by atoms with Gasteiger partial charge in [-0.1, -0.05) is 41.1 Å². The van der Waals surface area contributed by atoms with E-state index in [4.69, 9.17) is 16.3 Å². The van der Waals surface area contributed by atoms with Crippen LogP contribution in [0.3, 0.4) is 0 Å². The molecule has 0 bridgehead atoms. The van der Waals surface area contributed by atoms with Crippen LogP contribution >= 0.6 is 35.1 Å². The number of rotatable bonds is 8. The second kappa shape index (κ2) is 9.35. The third kappa shape index (κ3) is 5.43. The van der Waals surface area contributed by atoms with Gasteiger partial charge in [0.25, 0.3) is 0 Å². The lowest BCUT2D eigenvalue weighted by molar-refractivity contribution is 0.344. The standard InChI is InChI=1S/C19H20ClN3OS2/c1-14-3-9-17(10-4-14)26-13-18-21-22-19(23(18)2)25-12-11-24-16-7-5-15(20)6-8-16/h3-10H,11-13H2,1-2H3. The lowest BCUT2D eigenvalue weighted by Crippen LogP contribution is -2.02. The number of aromatic nitrogens is 3. The van der Waals surface area contributed by atoms with Gasteiger partial charge in [-0.25, -0.2) is 0 Å². The minimum atomic E-state index is 0.604. The van der Waals surface area contributed by atoms with Gasteiger partial charge >= 0.3 is 0 Å². The fourth-order valence-corrected chi connectivity index (χ4v) is 3.95. The van der Waals surface area contributed by atoms with Gasteiger partial charge in [-0.05, 0) is 43.3 Å². The third-order valence-electron chi connectivity index (χ3n) is 3.71. The molecule has 0 saturated carbocycles. The maximum Gasteiger partial charge on any atom is 0.191 e. The highest BCUT2D eigenvalue weighted by atomic mass is 35.5. The predicted octanol–water partition coefficient (Wildman–Crippen LogP) is 5.24. The summed E-state index contributed by atoms with van der Waals surface area (Å²) >= 11 is 9.28. The summed E-state index contributed by atoms with van der Waals surface area (Å²) in [5.41, 5.74) is 1.27. The number of hydrogen-bond acceptors (Lipinski definition) is 5. The van der Waals surface area contributed by atoms with Crippen molar-refractivity contribution in [1.82, 2.24) is 14.8 Å². The molecule has 0 spiro atoms. The van der Waals surface area contributed by atoms with Crippen molar-refractivity contribution < 1.29 is 4.74 Å². The molecule has 0 aliphatic carbocycles. The molecule has 2 aromatic carbocycles. The van der Waals surface area contributed by atoms with Crippen molar-refractivity contribution in [1.29, 1.82) is 0 Å². The molecular formula is C19H20ClN3OS2. The van der Waals surface area contributed by atoms with E-state index in [9.17, 15) is 0 Å². The van der Waals surface area contributed by atoms with E-state index >= 15 is 0 Å². The van der Waals surface area contributed by atoms with Crippen molar-refractivity contribution in [3.63, 3.8) is 0 Å². The van der Waals surface area contributed by atoms with Crippen LogP contribution in [-0.2, 0) is 12.8 Å². The summed E-state index contributed by atoms with van der Waals surface area (Å²) in [4.78, 5) is 1.24. The Balaban J connectivity index is 1.45. The quantitative estimate of drug-likeness (QED) is 0.378. The van der Waals surface area contributed by atoms with Crippen molar-refractivity contribution >= 4 is 35.1 Å². The maximum absolute atomic E-state index is 5.87. The highest BCUT2D eigenvalue weighted by Gasteiger charge is 2.09. The molecule has 0 aliphatic heterocycles. The minimum Gasteiger partial charge on any atom is -0.493 e. The Morgan fingerprint density at radius 1 is 1.00 bits per heavy atom. The molecule has 0 amide bonds. The van der Waals surface area contributed by atoms with E-state index in [2.05, 4.69) is 41.4 Å². The summed E-state index contributed by atoms with van der Waals surface area (Å²) in [5, 5.41) is 10.2. The summed E-state index contributed by atoms with van der Waals surface area (Å²) in [6, 6.07) is 15.9. The second-order valence-electron chi connectivity index (χ2n) is 5.71. The van der Waals surface area contributed by atoms with Crippen LogP contribution in [-0.4, -0.2) is 27.1 Å². The van der Waals surface area contributed by atoms with Crippen LogP contribution in [0.1, 0.15) is 11.4 Å². The molecule has 0 saturated heterocycles. The zero-order chi connectivity index (χ0) is 18.4. The van der Waals surface area contributed by atoms with Crippen molar-refractivity contribution in [2.24, 2.45) is 7.05 Å². The average Bonchev–Trinajstić information content (AvgIpc) is 3.00. The molecule has 0 N–H and O–H groups in total. The van der Waals surface area contributed by atoms with Gasteiger partial charge in [-0.15, -0.1) is 22.0 Å². The summed E-state index contributed by atoms with van der Waals surface area (Å²) in [5.74, 6) is 3.40. The van der Waals surface area contributed by atoms with Gasteiger partial charge < -0.3 is 9.30 Å². The molecule has 3 rings (SSSR count).